The third-order valence-electron chi connectivity index (χ3n) is 1.92. The third kappa shape index (κ3) is 5.53. The van der Waals surface area contributed by atoms with E-state index in [4.69, 9.17) is 17.3 Å². The highest BCUT2D eigenvalue weighted by atomic mass is 35.5. The minimum atomic E-state index is -4.17. The topological polar surface area (TPSA) is 38.9 Å². The van der Waals surface area contributed by atoms with E-state index in [1.54, 1.807) is 6.07 Å². The van der Waals surface area contributed by atoms with Gasteiger partial charge in [-0.3, -0.25) is 0 Å². The van der Waals surface area contributed by atoms with Crippen LogP contribution in [0, 0.1) is 0 Å². The van der Waals surface area contributed by atoms with Gasteiger partial charge in [-0.2, -0.15) is 13.2 Å². The summed E-state index contributed by atoms with van der Waals surface area (Å²) in [5.41, 5.74) is 6.13. The second kappa shape index (κ2) is 6.27. The fourth-order valence-electron chi connectivity index (χ4n) is 1.09. The van der Waals surface area contributed by atoms with Gasteiger partial charge in [0.2, 0.25) is 0 Å². The van der Waals surface area contributed by atoms with E-state index >= 15 is 0 Å². The van der Waals surface area contributed by atoms with Crippen LogP contribution in [0.15, 0.2) is 18.3 Å². The number of pyridine rings is 1. The zero-order valence-corrected chi connectivity index (χ0v) is 9.74. The molecule has 1 atom stereocenters. The first-order valence-corrected chi connectivity index (χ1v) is 4.70. The predicted molar refractivity (Wildman–Crippen MR) is 58.7 cm³/mol. The average Bonchev–Trinajstić information content (AvgIpc) is 2.14. The maximum Gasteiger partial charge on any atom is 0.389 e. The van der Waals surface area contributed by atoms with Crippen LogP contribution in [0.5, 0.6) is 0 Å². The Morgan fingerprint density at radius 3 is 2.44 bits per heavy atom. The van der Waals surface area contributed by atoms with Crippen molar-refractivity contribution in [3.05, 3.63) is 29.0 Å². The molecule has 0 spiro atoms. The first-order chi connectivity index (χ1) is 6.88. The van der Waals surface area contributed by atoms with E-state index in [9.17, 15) is 13.2 Å². The second-order valence-corrected chi connectivity index (χ2v) is 3.56. The molecule has 1 rings (SSSR count). The molecule has 0 unspecified atom stereocenters. The minimum Gasteiger partial charge on any atom is -0.324 e. The number of nitrogens with zero attached hydrogens (tertiary/aromatic N) is 1. The van der Waals surface area contributed by atoms with E-state index in [-0.39, 0.29) is 18.8 Å². The summed E-state index contributed by atoms with van der Waals surface area (Å²) < 4.78 is 35.7. The van der Waals surface area contributed by atoms with Gasteiger partial charge in [-0.1, -0.05) is 17.7 Å². The van der Waals surface area contributed by atoms with Gasteiger partial charge in [0.15, 0.2) is 0 Å². The molecule has 2 N–H and O–H groups in total. The number of halogens is 5. The molecule has 0 bridgehead atoms. The van der Waals surface area contributed by atoms with Gasteiger partial charge in [-0.05, 0) is 18.1 Å². The molecule has 0 radical (unpaired) electrons. The third-order valence-corrected chi connectivity index (χ3v) is 2.14. The molecule has 2 nitrogen and oxygen atoms in total. The van der Waals surface area contributed by atoms with E-state index in [1.807, 2.05) is 0 Å². The lowest BCUT2D eigenvalue weighted by Crippen LogP contribution is -2.15. The molecule has 1 aromatic heterocycles. The Bertz CT molecular complexity index is 314. The zero-order valence-electron chi connectivity index (χ0n) is 8.17. The Hall–Kier alpha value is -0.520. The Balaban J connectivity index is 0.00000225. The van der Waals surface area contributed by atoms with Gasteiger partial charge in [-0.25, -0.2) is 4.98 Å². The van der Waals surface area contributed by atoms with Gasteiger partial charge in [0.25, 0.3) is 0 Å². The highest BCUT2D eigenvalue weighted by Crippen LogP contribution is 2.26. The van der Waals surface area contributed by atoms with Crippen molar-refractivity contribution in [2.75, 3.05) is 0 Å². The lowest BCUT2D eigenvalue weighted by Gasteiger charge is -2.12. The lowest BCUT2D eigenvalue weighted by molar-refractivity contribution is -0.136. The quantitative estimate of drug-likeness (QED) is 0.857. The molecule has 92 valence electrons. The molecule has 1 heterocycles. The summed E-state index contributed by atoms with van der Waals surface area (Å²) in [7, 11) is 0. The van der Waals surface area contributed by atoms with Gasteiger partial charge >= 0.3 is 6.18 Å². The average molecular weight is 275 g/mol. The summed E-state index contributed by atoms with van der Waals surface area (Å²) in [6.45, 7) is 0. The molecule has 1 aromatic rings. The molecule has 0 aliphatic heterocycles. The van der Waals surface area contributed by atoms with E-state index in [2.05, 4.69) is 4.98 Å². The lowest BCUT2D eigenvalue weighted by atomic mass is 10.1. The van der Waals surface area contributed by atoms with Gasteiger partial charge in [0.05, 0.1) is 0 Å². The monoisotopic (exact) mass is 274 g/mol. The van der Waals surface area contributed by atoms with Crippen molar-refractivity contribution in [2.45, 2.75) is 25.1 Å². The first-order valence-electron chi connectivity index (χ1n) is 4.32. The predicted octanol–water partition coefficient (Wildman–Crippen LogP) is 3.50. The van der Waals surface area contributed by atoms with Gasteiger partial charge < -0.3 is 5.73 Å². The molecule has 0 fully saturated rings. The summed E-state index contributed by atoms with van der Waals surface area (Å²) in [5.74, 6) is 0. The van der Waals surface area contributed by atoms with E-state index in [0.29, 0.717) is 10.7 Å². The standard InChI is InChI=1S/C9H10ClF3N2.ClH/c10-8-2-1-6(5-15-8)7(14)3-4-9(11,12)13;/h1-2,5,7H,3-4,14H2;1H/t7-;/m1./s1. The van der Waals surface area contributed by atoms with Crippen LogP contribution in [0.2, 0.25) is 5.15 Å². The van der Waals surface area contributed by atoms with Crippen molar-refractivity contribution in [3.8, 4) is 0 Å². The Labute approximate surface area is 102 Å². The van der Waals surface area contributed by atoms with E-state index in [0.717, 1.165) is 0 Å². The van der Waals surface area contributed by atoms with Crippen LogP contribution in [-0.2, 0) is 0 Å². The van der Waals surface area contributed by atoms with Crippen LogP contribution in [0.25, 0.3) is 0 Å². The van der Waals surface area contributed by atoms with Gasteiger partial charge in [0, 0.05) is 18.7 Å². The Kier molecular flexibility index (Phi) is 6.07. The van der Waals surface area contributed by atoms with Crippen molar-refractivity contribution in [2.24, 2.45) is 5.73 Å². The molecule has 0 saturated heterocycles. The van der Waals surface area contributed by atoms with Crippen molar-refractivity contribution in [1.82, 2.24) is 4.98 Å². The number of hydrogen-bond donors (Lipinski definition) is 1. The van der Waals surface area contributed by atoms with Crippen LogP contribution in [0.1, 0.15) is 24.4 Å². The first kappa shape index (κ1) is 15.5. The zero-order chi connectivity index (χ0) is 11.5. The second-order valence-electron chi connectivity index (χ2n) is 3.17. The van der Waals surface area contributed by atoms with Crippen LogP contribution < -0.4 is 5.73 Å². The minimum absolute atomic E-state index is 0. The molecule has 0 aliphatic carbocycles. The van der Waals surface area contributed by atoms with Crippen LogP contribution in [0.4, 0.5) is 13.2 Å². The molecule has 7 heteroatoms. The van der Waals surface area contributed by atoms with Crippen LogP contribution >= 0.6 is 24.0 Å². The highest BCUT2D eigenvalue weighted by molar-refractivity contribution is 6.29. The van der Waals surface area contributed by atoms with Crippen molar-refractivity contribution >= 4 is 24.0 Å². The number of rotatable bonds is 3. The smallest absolute Gasteiger partial charge is 0.324 e. The van der Waals surface area contributed by atoms with Crippen molar-refractivity contribution in [3.63, 3.8) is 0 Å². The molecule has 0 saturated carbocycles. The van der Waals surface area contributed by atoms with E-state index < -0.39 is 18.6 Å². The van der Waals surface area contributed by atoms with Crippen molar-refractivity contribution < 1.29 is 13.2 Å². The van der Waals surface area contributed by atoms with Crippen LogP contribution in [-0.4, -0.2) is 11.2 Å². The maximum atomic E-state index is 11.9. The summed E-state index contributed by atoms with van der Waals surface area (Å²) in [5, 5.41) is 0.293. The number of hydrogen-bond acceptors (Lipinski definition) is 2. The largest absolute Gasteiger partial charge is 0.389 e. The Morgan fingerprint density at radius 2 is 2.00 bits per heavy atom. The molecular formula is C9H11Cl2F3N2. The maximum absolute atomic E-state index is 11.9. The van der Waals surface area contributed by atoms with Gasteiger partial charge in [0.1, 0.15) is 5.15 Å². The van der Waals surface area contributed by atoms with Crippen LogP contribution in [0.3, 0.4) is 0 Å². The Morgan fingerprint density at radius 1 is 1.38 bits per heavy atom. The molecule has 16 heavy (non-hydrogen) atoms. The SMILES string of the molecule is Cl.N[C@H](CCC(F)(F)F)c1ccc(Cl)nc1. The number of alkyl halides is 3. The summed E-state index contributed by atoms with van der Waals surface area (Å²) in [6, 6.07) is 2.43. The fourth-order valence-corrected chi connectivity index (χ4v) is 1.20. The molecule has 0 amide bonds. The normalized spacial score (nSPS) is 13.1. The summed E-state index contributed by atoms with van der Waals surface area (Å²) in [4.78, 5) is 3.75. The van der Waals surface area contributed by atoms with Gasteiger partial charge in [-0.15, -0.1) is 12.4 Å². The fraction of sp³-hybridized carbons (Fsp3) is 0.444. The number of aromatic nitrogens is 1. The molecule has 0 aromatic carbocycles. The number of nitrogens with two attached hydrogens (primary N) is 1. The van der Waals surface area contributed by atoms with Crippen molar-refractivity contribution in [1.29, 1.82) is 0 Å². The molecular weight excluding hydrogens is 264 g/mol. The molecule has 0 aliphatic rings. The highest BCUT2D eigenvalue weighted by Gasteiger charge is 2.27. The summed E-state index contributed by atoms with van der Waals surface area (Å²) >= 11 is 5.53. The summed E-state index contributed by atoms with van der Waals surface area (Å²) in [6.07, 6.45) is -3.82. The van der Waals surface area contributed by atoms with E-state index in [1.165, 1.54) is 12.3 Å².